The number of hydrogen-bond acceptors (Lipinski definition) is 3. The Hall–Kier alpha value is -1.95. The summed E-state index contributed by atoms with van der Waals surface area (Å²) < 4.78 is 18.9. The number of rotatable bonds is 6. The van der Waals surface area contributed by atoms with Crippen molar-refractivity contribution in [1.29, 1.82) is 0 Å². The number of benzene rings is 1. The zero-order valence-electron chi connectivity index (χ0n) is 14.9. The average molecular weight is 360 g/mol. The summed E-state index contributed by atoms with van der Waals surface area (Å²) in [4.78, 5) is 26.1. The van der Waals surface area contributed by atoms with Crippen LogP contribution in [-0.2, 0) is 20.7 Å². The van der Waals surface area contributed by atoms with Crippen LogP contribution in [0.25, 0.3) is 0 Å². The molecule has 2 saturated heterocycles. The molecule has 1 N–H and O–H groups in total. The van der Waals surface area contributed by atoms with E-state index in [2.05, 4.69) is 5.32 Å². The second-order valence-electron chi connectivity index (χ2n) is 8.07. The minimum Gasteiger partial charge on any atom is -0.371 e. The highest BCUT2D eigenvalue weighted by Gasteiger charge is 2.51. The first-order valence-corrected chi connectivity index (χ1v) is 9.44. The summed E-state index contributed by atoms with van der Waals surface area (Å²) in [5.74, 6) is 0.791. The number of amides is 2. The molecule has 1 aliphatic carbocycles. The maximum absolute atomic E-state index is 12.9. The Balaban J connectivity index is 1.20. The molecular formula is C20H25FN2O3. The SMILES string of the molecule is O=C(CC1COC2(C1)CN(C(=O)Cc1ccc(F)cc1)C2)NCC1CC1. The minimum atomic E-state index is -0.296. The smallest absolute Gasteiger partial charge is 0.227 e. The topological polar surface area (TPSA) is 58.6 Å². The third kappa shape index (κ3) is 4.06. The lowest BCUT2D eigenvalue weighted by atomic mass is 9.85. The Bertz CT molecular complexity index is 681. The zero-order valence-corrected chi connectivity index (χ0v) is 14.9. The van der Waals surface area contributed by atoms with Crippen LogP contribution in [0.4, 0.5) is 4.39 Å². The van der Waals surface area contributed by atoms with Gasteiger partial charge in [0.2, 0.25) is 11.8 Å². The van der Waals surface area contributed by atoms with Gasteiger partial charge in [-0.25, -0.2) is 4.39 Å². The van der Waals surface area contributed by atoms with Crippen molar-refractivity contribution in [1.82, 2.24) is 10.2 Å². The van der Waals surface area contributed by atoms with Gasteiger partial charge in [-0.15, -0.1) is 0 Å². The normalized spacial score (nSPS) is 23.7. The minimum absolute atomic E-state index is 0.0384. The fourth-order valence-corrected chi connectivity index (χ4v) is 3.92. The van der Waals surface area contributed by atoms with Crippen LogP contribution in [0.5, 0.6) is 0 Å². The number of nitrogens with zero attached hydrogens (tertiary/aromatic N) is 1. The second-order valence-corrected chi connectivity index (χ2v) is 8.07. The van der Waals surface area contributed by atoms with E-state index in [-0.39, 0.29) is 35.6 Å². The summed E-state index contributed by atoms with van der Waals surface area (Å²) in [6.07, 6.45) is 4.10. The summed E-state index contributed by atoms with van der Waals surface area (Å²) >= 11 is 0. The number of halogens is 1. The van der Waals surface area contributed by atoms with Crippen LogP contribution < -0.4 is 5.32 Å². The van der Waals surface area contributed by atoms with Crippen molar-refractivity contribution in [2.75, 3.05) is 26.2 Å². The van der Waals surface area contributed by atoms with Crippen molar-refractivity contribution in [3.8, 4) is 0 Å². The molecule has 3 aliphatic rings. The van der Waals surface area contributed by atoms with Gasteiger partial charge in [0, 0.05) is 13.0 Å². The van der Waals surface area contributed by atoms with E-state index >= 15 is 0 Å². The van der Waals surface area contributed by atoms with Gasteiger partial charge in [0.15, 0.2) is 0 Å². The Morgan fingerprint density at radius 2 is 1.92 bits per heavy atom. The summed E-state index contributed by atoms with van der Waals surface area (Å²) in [6.45, 7) is 2.58. The predicted octanol–water partition coefficient (Wildman–Crippen LogP) is 1.90. The lowest BCUT2D eigenvalue weighted by Crippen LogP contribution is -2.63. The van der Waals surface area contributed by atoms with Crippen LogP contribution in [0.1, 0.15) is 31.2 Å². The van der Waals surface area contributed by atoms with E-state index < -0.39 is 0 Å². The summed E-state index contributed by atoms with van der Waals surface area (Å²) in [7, 11) is 0. The predicted molar refractivity (Wildman–Crippen MR) is 93.8 cm³/mol. The molecule has 1 unspecified atom stereocenters. The summed E-state index contributed by atoms with van der Waals surface area (Å²) in [5.41, 5.74) is 0.551. The molecule has 140 valence electrons. The lowest BCUT2D eigenvalue weighted by molar-refractivity contribution is -0.157. The van der Waals surface area contributed by atoms with Gasteiger partial charge in [0.25, 0.3) is 0 Å². The number of likely N-dealkylation sites (tertiary alicyclic amines) is 1. The molecule has 0 aromatic heterocycles. The molecule has 1 atom stereocenters. The second kappa shape index (κ2) is 6.99. The van der Waals surface area contributed by atoms with E-state index in [4.69, 9.17) is 4.74 Å². The number of carbonyl (C=O) groups is 2. The molecule has 5 nitrogen and oxygen atoms in total. The monoisotopic (exact) mass is 360 g/mol. The molecule has 1 aromatic carbocycles. The van der Waals surface area contributed by atoms with Crippen LogP contribution in [0, 0.1) is 17.7 Å². The lowest BCUT2D eigenvalue weighted by Gasteiger charge is -2.47. The van der Waals surface area contributed by atoms with Crippen molar-refractivity contribution >= 4 is 11.8 Å². The molecule has 0 radical (unpaired) electrons. The molecule has 1 aromatic rings. The standard InChI is InChI=1S/C20H25FN2O3/c21-17-5-3-14(4-6-17)8-19(25)23-12-20(13-23)9-16(11-26-20)7-18(24)22-10-15-1-2-15/h3-6,15-16H,1-2,7-13H2,(H,22,24). The van der Waals surface area contributed by atoms with E-state index in [1.54, 1.807) is 17.0 Å². The van der Waals surface area contributed by atoms with Crippen LogP contribution in [0.2, 0.25) is 0 Å². The zero-order chi connectivity index (χ0) is 18.1. The van der Waals surface area contributed by atoms with Crippen LogP contribution >= 0.6 is 0 Å². The highest BCUT2D eigenvalue weighted by molar-refractivity contribution is 5.80. The average Bonchev–Trinajstić information content (AvgIpc) is 3.32. The van der Waals surface area contributed by atoms with Gasteiger partial charge >= 0.3 is 0 Å². The van der Waals surface area contributed by atoms with Crippen LogP contribution in [0.3, 0.4) is 0 Å². The highest BCUT2D eigenvalue weighted by atomic mass is 19.1. The third-order valence-corrected chi connectivity index (χ3v) is 5.62. The van der Waals surface area contributed by atoms with E-state index in [0.717, 1.165) is 18.5 Å². The molecule has 3 fully saturated rings. The van der Waals surface area contributed by atoms with Gasteiger partial charge < -0.3 is 15.0 Å². The molecule has 2 heterocycles. The van der Waals surface area contributed by atoms with Crippen LogP contribution in [0.15, 0.2) is 24.3 Å². The quantitative estimate of drug-likeness (QED) is 0.843. The molecule has 6 heteroatoms. The van der Waals surface area contributed by atoms with Crippen molar-refractivity contribution in [2.24, 2.45) is 11.8 Å². The van der Waals surface area contributed by atoms with Gasteiger partial charge in [0.05, 0.1) is 26.1 Å². The number of hydrogen-bond donors (Lipinski definition) is 1. The molecule has 2 aliphatic heterocycles. The molecule has 1 spiro atoms. The van der Waals surface area contributed by atoms with Gasteiger partial charge in [-0.1, -0.05) is 12.1 Å². The van der Waals surface area contributed by atoms with Gasteiger partial charge in [-0.05, 0) is 48.8 Å². The maximum Gasteiger partial charge on any atom is 0.227 e. The van der Waals surface area contributed by atoms with Crippen molar-refractivity contribution in [3.05, 3.63) is 35.6 Å². The third-order valence-electron chi connectivity index (χ3n) is 5.62. The molecule has 2 amide bonds. The van der Waals surface area contributed by atoms with Crippen molar-refractivity contribution in [2.45, 2.75) is 37.7 Å². The first-order chi connectivity index (χ1) is 12.5. The van der Waals surface area contributed by atoms with Gasteiger partial charge in [0.1, 0.15) is 11.4 Å². The molecule has 1 saturated carbocycles. The highest BCUT2D eigenvalue weighted by Crippen LogP contribution is 2.39. The molecule has 26 heavy (non-hydrogen) atoms. The Kier molecular flexibility index (Phi) is 4.69. The maximum atomic E-state index is 12.9. The molecular weight excluding hydrogens is 335 g/mol. The molecule has 4 rings (SSSR count). The van der Waals surface area contributed by atoms with Crippen molar-refractivity contribution < 1.29 is 18.7 Å². The van der Waals surface area contributed by atoms with E-state index in [0.29, 0.717) is 32.0 Å². The van der Waals surface area contributed by atoms with E-state index in [1.165, 1.54) is 25.0 Å². The van der Waals surface area contributed by atoms with Gasteiger partial charge in [-0.3, -0.25) is 9.59 Å². The van der Waals surface area contributed by atoms with Crippen LogP contribution in [-0.4, -0.2) is 48.6 Å². The summed E-state index contributed by atoms with van der Waals surface area (Å²) in [5, 5.41) is 3.01. The Morgan fingerprint density at radius 3 is 2.62 bits per heavy atom. The first-order valence-electron chi connectivity index (χ1n) is 9.44. The fraction of sp³-hybridized carbons (Fsp3) is 0.600. The number of ether oxygens (including phenoxy) is 1. The Labute approximate surface area is 152 Å². The fourth-order valence-electron chi connectivity index (χ4n) is 3.92. The largest absolute Gasteiger partial charge is 0.371 e. The number of nitrogens with one attached hydrogen (secondary N) is 1. The molecule has 0 bridgehead atoms. The van der Waals surface area contributed by atoms with E-state index in [1.807, 2.05) is 0 Å². The van der Waals surface area contributed by atoms with E-state index in [9.17, 15) is 14.0 Å². The first kappa shape index (κ1) is 17.5. The number of carbonyl (C=O) groups excluding carboxylic acids is 2. The Morgan fingerprint density at radius 1 is 1.19 bits per heavy atom. The summed E-state index contributed by atoms with van der Waals surface area (Å²) in [6, 6.07) is 6.04. The van der Waals surface area contributed by atoms with Crippen molar-refractivity contribution in [3.63, 3.8) is 0 Å². The van der Waals surface area contributed by atoms with Gasteiger partial charge in [-0.2, -0.15) is 0 Å².